The fraction of sp³-hybridized carbons (Fsp3) is 0. The van der Waals surface area contributed by atoms with Crippen molar-refractivity contribution >= 4 is 87.4 Å². The molecule has 4 aromatic heterocycles. The molecule has 10 aromatic carbocycles. The van der Waals surface area contributed by atoms with Gasteiger partial charge in [-0.05, 0) is 119 Å². The summed E-state index contributed by atoms with van der Waals surface area (Å²) in [5.74, 6) is 0. The van der Waals surface area contributed by atoms with Crippen LogP contribution in [0.1, 0.15) is 0 Å². The number of hydrogen-bond acceptors (Lipinski definition) is 1. The van der Waals surface area contributed by atoms with E-state index in [4.69, 9.17) is 4.42 Å². The maximum atomic E-state index is 6.48. The summed E-state index contributed by atoms with van der Waals surface area (Å²) in [6.07, 6.45) is 0. The van der Waals surface area contributed by atoms with E-state index in [0.717, 1.165) is 33.3 Å². The first kappa shape index (κ1) is 35.0. The predicted molar refractivity (Wildman–Crippen MR) is 268 cm³/mol. The van der Waals surface area contributed by atoms with Crippen molar-refractivity contribution in [2.75, 3.05) is 0 Å². The van der Waals surface area contributed by atoms with Gasteiger partial charge in [0, 0.05) is 60.2 Å². The van der Waals surface area contributed by atoms with E-state index in [1.165, 1.54) is 93.4 Å². The van der Waals surface area contributed by atoms with Crippen molar-refractivity contribution < 1.29 is 4.42 Å². The molecule has 14 rings (SSSR count). The summed E-state index contributed by atoms with van der Waals surface area (Å²) in [5, 5.41) is 9.67. The predicted octanol–water partition coefficient (Wildman–Crippen LogP) is 16.2. The fourth-order valence-electron chi connectivity index (χ4n) is 10.5. The van der Waals surface area contributed by atoms with Gasteiger partial charge < -0.3 is 18.1 Å². The zero-order chi connectivity index (χ0) is 41.9. The molecular weight excluding hydrogens is 779 g/mol. The Balaban J connectivity index is 0.850. The molecule has 4 heterocycles. The zero-order valence-corrected chi connectivity index (χ0v) is 34.6. The molecule has 0 aliphatic carbocycles. The minimum Gasteiger partial charge on any atom is -0.456 e. The highest BCUT2D eigenvalue weighted by atomic mass is 16.3. The van der Waals surface area contributed by atoms with Crippen LogP contribution in [0.4, 0.5) is 0 Å². The highest BCUT2D eigenvalue weighted by molar-refractivity contribution is 6.14. The third-order valence-electron chi connectivity index (χ3n) is 13.4. The molecule has 0 fully saturated rings. The van der Waals surface area contributed by atoms with E-state index in [2.05, 4.69) is 238 Å². The molecule has 0 aliphatic rings. The highest BCUT2D eigenvalue weighted by Crippen LogP contribution is 2.40. The van der Waals surface area contributed by atoms with E-state index in [9.17, 15) is 0 Å². The number of hydrogen-bond donors (Lipinski definition) is 0. The molecule has 0 unspecified atom stereocenters. The van der Waals surface area contributed by atoms with Gasteiger partial charge in [-0.1, -0.05) is 127 Å². The van der Waals surface area contributed by atoms with Gasteiger partial charge in [-0.25, -0.2) is 0 Å². The largest absolute Gasteiger partial charge is 0.456 e. The van der Waals surface area contributed by atoms with Crippen LogP contribution in [0.25, 0.3) is 127 Å². The lowest BCUT2D eigenvalue weighted by molar-refractivity contribution is 0.669. The number of nitrogens with zero attached hydrogens (tertiary/aromatic N) is 3. The minimum atomic E-state index is 0.878. The fourth-order valence-corrected chi connectivity index (χ4v) is 10.5. The summed E-state index contributed by atoms with van der Waals surface area (Å²) in [6.45, 7) is 0. The van der Waals surface area contributed by atoms with Gasteiger partial charge in [0.05, 0.1) is 33.1 Å². The molecular formula is C60H37N3O. The lowest BCUT2D eigenvalue weighted by Gasteiger charge is -2.10. The lowest BCUT2D eigenvalue weighted by atomic mass is 9.98. The van der Waals surface area contributed by atoms with Crippen molar-refractivity contribution in [1.29, 1.82) is 0 Å². The second-order valence-electron chi connectivity index (χ2n) is 16.9. The quantitative estimate of drug-likeness (QED) is 0.170. The third-order valence-corrected chi connectivity index (χ3v) is 13.4. The average molecular weight is 816 g/mol. The molecule has 0 aliphatic heterocycles. The van der Waals surface area contributed by atoms with Crippen LogP contribution in [-0.4, -0.2) is 13.7 Å². The summed E-state index contributed by atoms with van der Waals surface area (Å²) in [4.78, 5) is 0. The van der Waals surface area contributed by atoms with Gasteiger partial charge in [-0.3, -0.25) is 0 Å². The third kappa shape index (κ3) is 5.11. The molecule has 0 N–H and O–H groups in total. The van der Waals surface area contributed by atoms with Gasteiger partial charge in [0.15, 0.2) is 0 Å². The van der Waals surface area contributed by atoms with Gasteiger partial charge in [-0.15, -0.1) is 0 Å². The molecule has 4 nitrogen and oxygen atoms in total. The van der Waals surface area contributed by atoms with Gasteiger partial charge in [-0.2, -0.15) is 0 Å². The van der Waals surface area contributed by atoms with Crippen molar-refractivity contribution in [3.8, 4) is 39.3 Å². The van der Waals surface area contributed by atoms with Crippen LogP contribution in [-0.2, 0) is 0 Å². The molecule has 0 amide bonds. The van der Waals surface area contributed by atoms with Crippen LogP contribution in [0.2, 0.25) is 0 Å². The Morgan fingerprint density at radius 3 is 1.00 bits per heavy atom. The Hall–Kier alpha value is -8.60. The molecule has 4 heteroatoms. The Kier molecular flexibility index (Phi) is 7.36. The SMILES string of the molecule is c1ccc(-n2c3ccccc3c3cc(-c4ccc(-c5ccc6c(c5)c5ccccc5n6-c5ccc6oc7ccc(-n8c9ccccc9c9ccccc98)cc7c6c5)cc4)ccc32)cc1. The molecule has 0 saturated heterocycles. The van der Waals surface area contributed by atoms with Crippen LogP contribution in [0, 0.1) is 0 Å². The smallest absolute Gasteiger partial charge is 0.135 e. The summed E-state index contributed by atoms with van der Waals surface area (Å²) >= 11 is 0. The highest BCUT2D eigenvalue weighted by Gasteiger charge is 2.18. The van der Waals surface area contributed by atoms with Crippen LogP contribution < -0.4 is 0 Å². The minimum absolute atomic E-state index is 0.878. The van der Waals surface area contributed by atoms with E-state index in [1.807, 2.05) is 0 Å². The number of rotatable bonds is 5. The molecule has 0 saturated carbocycles. The van der Waals surface area contributed by atoms with Gasteiger partial charge in [0.25, 0.3) is 0 Å². The molecule has 0 spiro atoms. The number of fused-ring (bicyclic) bond motifs is 12. The molecule has 298 valence electrons. The van der Waals surface area contributed by atoms with Crippen molar-refractivity contribution in [2.45, 2.75) is 0 Å². The Labute approximate surface area is 367 Å². The van der Waals surface area contributed by atoms with Gasteiger partial charge >= 0.3 is 0 Å². The first-order valence-corrected chi connectivity index (χ1v) is 21.9. The number of furan rings is 1. The number of benzene rings is 10. The molecule has 0 radical (unpaired) electrons. The van der Waals surface area contributed by atoms with Crippen molar-refractivity contribution in [3.63, 3.8) is 0 Å². The van der Waals surface area contributed by atoms with Crippen LogP contribution >= 0.6 is 0 Å². The first-order chi connectivity index (χ1) is 31.7. The molecule has 0 bridgehead atoms. The number of aromatic nitrogens is 3. The topological polar surface area (TPSA) is 27.9 Å². The van der Waals surface area contributed by atoms with Crippen molar-refractivity contribution in [1.82, 2.24) is 13.7 Å². The van der Waals surface area contributed by atoms with Crippen LogP contribution in [0.15, 0.2) is 229 Å². The van der Waals surface area contributed by atoms with E-state index >= 15 is 0 Å². The van der Waals surface area contributed by atoms with E-state index in [1.54, 1.807) is 0 Å². The Bertz CT molecular complexity index is 4130. The van der Waals surface area contributed by atoms with E-state index < -0.39 is 0 Å². The maximum absolute atomic E-state index is 6.48. The van der Waals surface area contributed by atoms with E-state index in [0.29, 0.717) is 0 Å². The summed E-state index contributed by atoms with van der Waals surface area (Å²) in [5.41, 5.74) is 17.1. The lowest BCUT2D eigenvalue weighted by Crippen LogP contribution is -1.94. The Morgan fingerprint density at radius 2 is 0.562 bits per heavy atom. The summed E-state index contributed by atoms with van der Waals surface area (Å²) in [7, 11) is 0. The first-order valence-electron chi connectivity index (χ1n) is 21.9. The van der Waals surface area contributed by atoms with Crippen molar-refractivity contribution in [2.24, 2.45) is 0 Å². The maximum Gasteiger partial charge on any atom is 0.135 e. The zero-order valence-electron chi connectivity index (χ0n) is 34.6. The van der Waals surface area contributed by atoms with Gasteiger partial charge in [0.1, 0.15) is 11.2 Å². The molecule has 0 atom stereocenters. The second-order valence-corrected chi connectivity index (χ2v) is 16.9. The summed E-state index contributed by atoms with van der Waals surface area (Å²) < 4.78 is 13.6. The number of para-hydroxylation sites is 5. The van der Waals surface area contributed by atoms with Crippen molar-refractivity contribution in [3.05, 3.63) is 224 Å². The standard InChI is InChI=1S/C60H37N3O/c1-2-12-42(13-3-1)61-55-20-10-6-16-47(55)49-34-40(26-30-57(49)61)38-22-24-39(25-23-38)41-27-31-58-50(35-41)48-17-7-11-21-56(48)63(58)44-29-33-60-52(37-44)51-36-43(28-32-59(51)64-60)62-53-18-8-4-14-45(53)46-15-5-9-19-54(46)62/h1-37H. The molecule has 14 aromatic rings. The normalized spacial score (nSPS) is 12.1. The summed E-state index contributed by atoms with van der Waals surface area (Å²) in [6, 6.07) is 81.5. The van der Waals surface area contributed by atoms with Crippen LogP contribution in [0.3, 0.4) is 0 Å². The van der Waals surface area contributed by atoms with Gasteiger partial charge in [0.2, 0.25) is 0 Å². The van der Waals surface area contributed by atoms with E-state index in [-0.39, 0.29) is 0 Å². The second kappa shape index (κ2) is 13.4. The van der Waals surface area contributed by atoms with Crippen LogP contribution in [0.5, 0.6) is 0 Å². The monoisotopic (exact) mass is 815 g/mol. The Morgan fingerprint density at radius 1 is 0.219 bits per heavy atom. The average Bonchev–Trinajstić information content (AvgIpc) is 4.10. The molecule has 64 heavy (non-hydrogen) atoms.